The molecule has 5 heteroatoms. The Morgan fingerprint density at radius 1 is 1.38 bits per heavy atom. The summed E-state index contributed by atoms with van der Waals surface area (Å²) in [7, 11) is 1.82. The minimum atomic E-state index is -0.367. The summed E-state index contributed by atoms with van der Waals surface area (Å²) in [6.07, 6.45) is 2.42. The molecule has 0 unspecified atom stereocenters. The molecule has 1 atom stereocenters. The molecule has 5 nitrogen and oxygen atoms in total. The highest BCUT2D eigenvalue weighted by atomic mass is 16.2. The normalized spacial score (nSPS) is 14.7. The highest BCUT2D eigenvalue weighted by molar-refractivity contribution is 5.84. The maximum Gasteiger partial charge on any atom is 0.244 e. The minimum absolute atomic E-state index is 0.0322. The Bertz CT molecular complexity index is 622. The fourth-order valence-electron chi connectivity index (χ4n) is 2.24. The van der Waals surface area contributed by atoms with Crippen LogP contribution in [0.15, 0.2) is 18.2 Å². The first-order valence-corrected chi connectivity index (χ1v) is 7.01. The number of rotatable bonds is 5. The Balaban J connectivity index is 2.01. The van der Waals surface area contributed by atoms with E-state index < -0.39 is 0 Å². The standard InChI is InChI=1S/C16H18N4O/c1-11(16(21)20(2)10-12-3-4-12)19-15-6-5-13(8-17)14(7-15)9-18/h5-7,11-12,19H,3-4,10H2,1-2H3/t11-/m0/s1. The third kappa shape index (κ3) is 3.73. The molecular formula is C16H18N4O. The van der Waals surface area contributed by atoms with Crippen molar-refractivity contribution in [2.75, 3.05) is 18.9 Å². The van der Waals surface area contributed by atoms with Gasteiger partial charge in [0.2, 0.25) is 5.91 Å². The van der Waals surface area contributed by atoms with Gasteiger partial charge in [-0.25, -0.2) is 0 Å². The Hall–Kier alpha value is -2.53. The third-order valence-corrected chi connectivity index (χ3v) is 3.62. The molecule has 0 aliphatic heterocycles. The average molecular weight is 282 g/mol. The number of nitrogens with zero attached hydrogens (tertiary/aromatic N) is 3. The number of benzene rings is 1. The molecule has 1 aliphatic rings. The molecule has 21 heavy (non-hydrogen) atoms. The van der Waals surface area contributed by atoms with Crippen molar-refractivity contribution in [3.8, 4) is 12.1 Å². The van der Waals surface area contributed by atoms with Gasteiger partial charge in [0.25, 0.3) is 0 Å². The first-order valence-electron chi connectivity index (χ1n) is 7.01. The van der Waals surface area contributed by atoms with E-state index in [1.54, 1.807) is 30.0 Å². The van der Waals surface area contributed by atoms with Gasteiger partial charge in [-0.1, -0.05) is 0 Å². The summed E-state index contributed by atoms with van der Waals surface area (Å²) < 4.78 is 0. The van der Waals surface area contributed by atoms with Gasteiger partial charge < -0.3 is 10.2 Å². The largest absolute Gasteiger partial charge is 0.374 e. The Labute approximate surface area is 124 Å². The number of carbonyl (C=O) groups is 1. The topological polar surface area (TPSA) is 79.9 Å². The van der Waals surface area contributed by atoms with Gasteiger partial charge >= 0.3 is 0 Å². The molecule has 1 aromatic rings. The number of likely N-dealkylation sites (N-methyl/N-ethyl adjacent to an activating group) is 1. The molecule has 1 aliphatic carbocycles. The van der Waals surface area contributed by atoms with Crippen molar-refractivity contribution in [1.82, 2.24) is 4.90 Å². The van der Waals surface area contributed by atoms with Crippen LogP contribution in [-0.2, 0) is 4.79 Å². The van der Waals surface area contributed by atoms with Gasteiger partial charge in [-0.3, -0.25) is 4.79 Å². The zero-order chi connectivity index (χ0) is 15.4. The van der Waals surface area contributed by atoms with Crippen molar-refractivity contribution >= 4 is 11.6 Å². The van der Waals surface area contributed by atoms with Crippen molar-refractivity contribution < 1.29 is 4.79 Å². The van der Waals surface area contributed by atoms with E-state index >= 15 is 0 Å². The molecule has 1 N–H and O–H groups in total. The lowest BCUT2D eigenvalue weighted by atomic mass is 10.1. The van der Waals surface area contributed by atoms with Crippen molar-refractivity contribution in [1.29, 1.82) is 10.5 Å². The van der Waals surface area contributed by atoms with Gasteiger partial charge in [0.05, 0.1) is 11.1 Å². The van der Waals surface area contributed by atoms with E-state index in [1.165, 1.54) is 12.8 Å². The molecule has 0 aromatic heterocycles. The highest BCUT2D eigenvalue weighted by Gasteiger charge is 2.26. The van der Waals surface area contributed by atoms with E-state index in [0.717, 1.165) is 6.54 Å². The van der Waals surface area contributed by atoms with Crippen molar-refractivity contribution in [2.24, 2.45) is 5.92 Å². The Morgan fingerprint density at radius 2 is 2.05 bits per heavy atom. The summed E-state index contributed by atoms with van der Waals surface area (Å²) in [6.45, 7) is 2.61. The molecular weight excluding hydrogens is 264 g/mol. The summed E-state index contributed by atoms with van der Waals surface area (Å²) >= 11 is 0. The molecule has 0 saturated heterocycles. The quantitative estimate of drug-likeness (QED) is 0.896. The fraction of sp³-hybridized carbons (Fsp3) is 0.438. The molecule has 1 fully saturated rings. The van der Waals surface area contributed by atoms with Crippen LogP contribution in [0.4, 0.5) is 5.69 Å². The van der Waals surface area contributed by atoms with Crippen LogP contribution in [0.3, 0.4) is 0 Å². The van der Waals surface area contributed by atoms with E-state index in [0.29, 0.717) is 22.7 Å². The molecule has 1 saturated carbocycles. The lowest BCUT2D eigenvalue weighted by Gasteiger charge is -2.22. The first-order chi connectivity index (χ1) is 10.0. The lowest BCUT2D eigenvalue weighted by molar-refractivity contribution is -0.130. The molecule has 0 bridgehead atoms. The number of hydrogen-bond donors (Lipinski definition) is 1. The second-order valence-corrected chi connectivity index (χ2v) is 5.51. The van der Waals surface area contributed by atoms with Gasteiger partial charge in [-0.2, -0.15) is 10.5 Å². The second-order valence-electron chi connectivity index (χ2n) is 5.51. The molecule has 1 amide bonds. The average Bonchev–Trinajstić information content (AvgIpc) is 3.29. The van der Waals surface area contributed by atoms with Crippen LogP contribution in [0.25, 0.3) is 0 Å². The van der Waals surface area contributed by atoms with E-state index in [-0.39, 0.29) is 11.9 Å². The summed E-state index contributed by atoms with van der Waals surface area (Å²) in [5.74, 6) is 0.691. The summed E-state index contributed by atoms with van der Waals surface area (Å²) in [5.41, 5.74) is 1.33. The summed E-state index contributed by atoms with van der Waals surface area (Å²) in [4.78, 5) is 14.0. The molecule has 1 aromatic carbocycles. The second kappa shape index (κ2) is 6.28. The minimum Gasteiger partial charge on any atom is -0.374 e. The predicted octanol–water partition coefficient (Wildman–Crippen LogP) is 2.10. The molecule has 2 rings (SSSR count). The van der Waals surface area contributed by atoms with Crippen molar-refractivity contribution in [2.45, 2.75) is 25.8 Å². The summed E-state index contributed by atoms with van der Waals surface area (Å²) in [5, 5.41) is 21.0. The zero-order valence-corrected chi connectivity index (χ0v) is 12.3. The first kappa shape index (κ1) is 14.9. The Morgan fingerprint density at radius 3 is 2.62 bits per heavy atom. The highest BCUT2D eigenvalue weighted by Crippen LogP contribution is 2.29. The number of nitriles is 2. The van der Waals surface area contributed by atoms with Crippen LogP contribution >= 0.6 is 0 Å². The third-order valence-electron chi connectivity index (χ3n) is 3.62. The van der Waals surface area contributed by atoms with Crippen LogP contribution < -0.4 is 5.32 Å². The number of nitrogens with one attached hydrogen (secondary N) is 1. The van der Waals surface area contributed by atoms with E-state index in [2.05, 4.69) is 5.32 Å². The zero-order valence-electron chi connectivity index (χ0n) is 12.3. The van der Waals surface area contributed by atoms with Crippen LogP contribution in [-0.4, -0.2) is 30.4 Å². The Kier molecular flexibility index (Phi) is 4.45. The van der Waals surface area contributed by atoms with Crippen LogP contribution in [0.2, 0.25) is 0 Å². The van der Waals surface area contributed by atoms with Gasteiger partial charge in [-0.15, -0.1) is 0 Å². The smallest absolute Gasteiger partial charge is 0.244 e. The lowest BCUT2D eigenvalue weighted by Crippen LogP contribution is -2.40. The fourth-order valence-corrected chi connectivity index (χ4v) is 2.24. The number of amides is 1. The molecule has 0 radical (unpaired) electrons. The maximum absolute atomic E-state index is 12.2. The number of hydrogen-bond acceptors (Lipinski definition) is 4. The van der Waals surface area contributed by atoms with Gasteiger partial charge in [0, 0.05) is 19.3 Å². The van der Waals surface area contributed by atoms with Crippen LogP contribution in [0, 0.1) is 28.6 Å². The van der Waals surface area contributed by atoms with E-state index in [1.807, 2.05) is 19.2 Å². The van der Waals surface area contributed by atoms with Crippen molar-refractivity contribution in [3.63, 3.8) is 0 Å². The van der Waals surface area contributed by atoms with E-state index in [9.17, 15) is 4.79 Å². The molecule has 0 spiro atoms. The van der Waals surface area contributed by atoms with E-state index in [4.69, 9.17) is 10.5 Å². The predicted molar refractivity (Wildman–Crippen MR) is 79.3 cm³/mol. The maximum atomic E-state index is 12.2. The van der Waals surface area contributed by atoms with Crippen molar-refractivity contribution in [3.05, 3.63) is 29.3 Å². The SMILES string of the molecule is C[C@H](Nc1ccc(C#N)c(C#N)c1)C(=O)N(C)CC1CC1. The van der Waals surface area contributed by atoms with Gasteiger partial charge in [-0.05, 0) is 43.9 Å². The van der Waals surface area contributed by atoms with Gasteiger partial charge in [0.15, 0.2) is 0 Å². The van der Waals surface area contributed by atoms with Crippen LogP contribution in [0.1, 0.15) is 30.9 Å². The van der Waals surface area contributed by atoms with Gasteiger partial charge in [0.1, 0.15) is 18.2 Å². The monoisotopic (exact) mass is 282 g/mol. The molecule has 0 heterocycles. The molecule has 108 valence electrons. The number of anilines is 1. The number of carbonyl (C=O) groups excluding carboxylic acids is 1. The summed E-state index contributed by atoms with van der Waals surface area (Å²) in [6, 6.07) is 8.49. The van der Waals surface area contributed by atoms with Crippen LogP contribution in [0.5, 0.6) is 0 Å².